The summed E-state index contributed by atoms with van der Waals surface area (Å²) in [6, 6.07) is 4.44. The Labute approximate surface area is 155 Å². The molecule has 4 heterocycles. The van der Waals surface area contributed by atoms with Crippen LogP contribution in [0.3, 0.4) is 0 Å². The minimum absolute atomic E-state index is 0.00757. The second-order valence-corrected chi connectivity index (χ2v) is 5.67. The van der Waals surface area contributed by atoms with Gasteiger partial charge in [0.05, 0.1) is 24.0 Å². The van der Waals surface area contributed by atoms with Crippen LogP contribution in [0.2, 0.25) is 0 Å². The van der Waals surface area contributed by atoms with E-state index in [9.17, 15) is 13.2 Å². The molecule has 0 aliphatic rings. The highest BCUT2D eigenvalue weighted by Crippen LogP contribution is 2.24. The molecule has 0 amide bonds. The van der Waals surface area contributed by atoms with E-state index in [0.29, 0.717) is 17.1 Å². The molecule has 0 aliphatic carbocycles. The van der Waals surface area contributed by atoms with Gasteiger partial charge in [0.25, 0.3) is 5.89 Å². The normalized spacial score (nSPS) is 11.3. The standard InChI is InChI=1S/C16H11F3N8O/c17-10-3-9(15-24-25-16(28-15)14(18)19)5-21-12(10)7-27-6-11(23-26-27)8-1-2-13(20)22-4-8/h1-6,14H,7H2,(H2,20,22). The Morgan fingerprint density at radius 1 is 1.07 bits per heavy atom. The quantitative estimate of drug-likeness (QED) is 0.553. The Bertz CT molecular complexity index is 1110. The van der Waals surface area contributed by atoms with E-state index in [1.165, 1.54) is 10.9 Å². The van der Waals surface area contributed by atoms with Crippen molar-refractivity contribution in [1.82, 2.24) is 35.2 Å². The second kappa shape index (κ2) is 7.06. The molecule has 0 spiro atoms. The first-order chi connectivity index (χ1) is 13.5. The minimum Gasteiger partial charge on any atom is -0.415 e. The molecule has 2 N–H and O–H groups in total. The van der Waals surface area contributed by atoms with E-state index in [2.05, 4.69) is 30.5 Å². The van der Waals surface area contributed by atoms with Crippen molar-refractivity contribution in [1.29, 1.82) is 0 Å². The Hall–Kier alpha value is -3.83. The highest BCUT2D eigenvalue weighted by Gasteiger charge is 2.18. The van der Waals surface area contributed by atoms with Crippen LogP contribution in [0, 0.1) is 5.82 Å². The Balaban J connectivity index is 1.53. The van der Waals surface area contributed by atoms with E-state index in [1.807, 2.05) is 0 Å². The van der Waals surface area contributed by atoms with Crippen molar-refractivity contribution in [3.05, 3.63) is 54.2 Å². The first kappa shape index (κ1) is 17.6. The van der Waals surface area contributed by atoms with E-state index in [4.69, 9.17) is 10.2 Å². The number of nitrogen functional groups attached to an aromatic ring is 1. The Kier molecular flexibility index (Phi) is 4.43. The van der Waals surface area contributed by atoms with Crippen LogP contribution in [-0.4, -0.2) is 35.2 Å². The van der Waals surface area contributed by atoms with Crippen molar-refractivity contribution in [3.8, 4) is 22.7 Å². The molecule has 0 saturated heterocycles. The maximum atomic E-state index is 14.4. The molecule has 0 aromatic carbocycles. The highest BCUT2D eigenvalue weighted by atomic mass is 19.3. The maximum Gasteiger partial charge on any atom is 0.314 e. The van der Waals surface area contributed by atoms with Crippen LogP contribution >= 0.6 is 0 Å². The smallest absolute Gasteiger partial charge is 0.314 e. The molecule has 142 valence electrons. The molecule has 0 unspecified atom stereocenters. The zero-order chi connectivity index (χ0) is 19.7. The van der Waals surface area contributed by atoms with Gasteiger partial charge in [-0.1, -0.05) is 5.21 Å². The number of alkyl halides is 2. The summed E-state index contributed by atoms with van der Waals surface area (Å²) >= 11 is 0. The average molecular weight is 388 g/mol. The molecule has 4 aromatic heterocycles. The number of pyridine rings is 2. The molecule has 12 heteroatoms. The Morgan fingerprint density at radius 3 is 2.57 bits per heavy atom. The monoisotopic (exact) mass is 388 g/mol. The lowest BCUT2D eigenvalue weighted by atomic mass is 10.2. The largest absolute Gasteiger partial charge is 0.415 e. The van der Waals surface area contributed by atoms with Gasteiger partial charge in [-0.25, -0.2) is 14.1 Å². The topological polar surface area (TPSA) is 121 Å². The summed E-state index contributed by atoms with van der Waals surface area (Å²) < 4.78 is 45.6. The minimum atomic E-state index is -2.91. The van der Waals surface area contributed by atoms with E-state index < -0.39 is 18.1 Å². The summed E-state index contributed by atoms with van der Waals surface area (Å²) in [6.45, 7) is 0.00757. The lowest BCUT2D eigenvalue weighted by Gasteiger charge is -2.03. The predicted molar refractivity (Wildman–Crippen MR) is 89.2 cm³/mol. The van der Waals surface area contributed by atoms with Crippen LogP contribution in [0.5, 0.6) is 0 Å². The van der Waals surface area contributed by atoms with Crippen molar-refractivity contribution < 1.29 is 17.6 Å². The predicted octanol–water partition coefficient (Wildman–Crippen LogP) is 2.49. The molecule has 9 nitrogen and oxygen atoms in total. The summed E-state index contributed by atoms with van der Waals surface area (Å²) in [6.07, 6.45) is 1.50. The summed E-state index contributed by atoms with van der Waals surface area (Å²) in [5.41, 5.74) is 6.95. The molecule has 0 atom stereocenters. The molecule has 28 heavy (non-hydrogen) atoms. The molecule has 4 rings (SSSR count). The van der Waals surface area contributed by atoms with E-state index in [-0.39, 0.29) is 23.7 Å². The van der Waals surface area contributed by atoms with Gasteiger partial charge in [0, 0.05) is 18.0 Å². The van der Waals surface area contributed by atoms with Crippen LogP contribution < -0.4 is 5.73 Å². The zero-order valence-electron chi connectivity index (χ0n) is 14.0. The fourth-order valence-electron chi connectivity index (χ4n) is 2.36. The summed E-state index contributed by atoms with van der Waals surface area (Å²) in [5.74, 6) is -1.39. The summed E-state index contributed by atoms with van der Waals surface area (Å²) in [5, 5.41) is 14.6. The highest BCUT2D eigenvalue weighted by molar-refractivity contribution is 5.57. The van der Waals surface area contributed by atoms with Gasteiger partial charge >= 0.3 is 6.43 Å². The van der Waals surface area contributed by atoms with Gasteiger partial charge in [0.2, 0.25) is 5.89 Å². The molecule has 0 fully saturated rings. The van der Waals surface area contributed by atoms with Gasteiger partial charge < -0.3 is 10.2 Å². The van der Waals surface area contributed by atoms with Crippen molar-refractivity contribution in [3.63, 3.8) is 0 Å². The molecular formula is C16H11F3N8O. The third-order valence-electron chi connectivity index (χ3n) is 3.72. The maximum absolute atomic E-state index is 14.4. The lowest BCUT2D eigenvalue weighted by Crippen LogP contribution is -2.05. The fourth-order valence-corrected chi connectivity index (χ4v) is 2.36. The van der Waals surface area contributed by atoms with Crippen molar-refractivity contribution in [2.24, 2.45) is 0 Å². The number of hydrogen-bond donors (Lipinski definition) is 1. The van der Waals surface area contributed by atoms with Gasteiger partial charge in [-0.15, -0.1) is 15.3 Å². The van der Waals surface area contributed by atoms with Gasteiger partial charge in [0.15, 0.2) is 0 Å². The van der Waals surface area contributed by atoms with Crippen molar-refractivity contribution in [2.75, 3.05) is 5.73 Å². The number of hydrogen-bond acceptors (Lipinski definition) is 8. The van der Waals surface area contributed by atoms with Crippen molar-refractivity contribution >= 4 is 5.82 Å². The zero-order valence-corrected chi connectivity index (χ0v) is 14.0. The molecular weight excluding hydrogens is 377 g/mol. The SMILES string of the molecule is Nc1ccc(-c2cn(Cc3ncc(-c4nnc(C(F)F)o4)cc3F)nn2)cn1. The summed E-state index contributed by atoms with van der Waals surface area (Å²) in [7, 11) is 0. The van der Waals surface area contributed by atoms with E-state index in [0.717, 1.165) is 6.07 Å². The Morgan fingerprint density at radius 2 is 1.89 bits per heavy atom. The third-order valence-corrected chi connectivity index (χ3v) is 3.72. The molecule has 0 radical (unpaired) electrons. The van der Waals surface area contributed by atoms with Gasteiger partial charge in [-0.2, -0.15) is 8.78 Å². The number of rotatable bonds is 5. The number of anilines is 1. The third kappa shape index (κ3) is 3.51. The summed E-state index contributed by atoms with van der Waals surface area (Å²) in [4.78, 5) is 7.97. The van der Waals surface area contributed by atoms with E-state index >= 15 is 0 Å². The first-order valence-electron chi connectivity index (χ1n) is 7.88. The molecule has 0 bridgehead atoms. The van der Waals surface area contributed by atoms with Gasteiger partial charge in [0.1, 0.15) is 17.3 Å². The number of halogens is 3. The first-order valence-corrected chi connectivity index (χ1v) is 7.88. The van der Waals surface area contributed by atoms with E-state index in [1.54, 1.807) is 24.5 Å². The van der Waals surface area contributed by atoms with Crippen LogP contribution in [0.15, 0.2) is 41.2 Å². The van der Waals surface area contributed by atoms with Crippen LogP contribution in [0.1, 0.15) is 18.0 Å². The van der Waals surface area contributed by atoms with Crippen LogP contribution in [0.25, 0.3) is 22.7 Å². The van der Waals surface area contributed by atoms with Crippen molar-refractivity contribution in [2.45, 2.75) is 13.0 Å². The van der Waals surface area contributed by atoms with Crippen LogP contribution in [-0.2, 0) is 6.54 Å². The number of aromatic nitrogens is 7. The number of nitrogens with two attached hydrogens (primary N) is 1. The molecule has 0 saturated carbocycles. The fraction of sp³-hybridized carbons (Fsp3) is 0.125. The van der Waals surface area contributed by atoms with Crippen LogP contribution in [0.4, 0.5) is 19.0 Å². The average Bonchev–Trinajstić information content (AvgIpc) is 3.34. The molecule has 4 aromatic rings. The number of nitrogens with zero attached hydrogens (tertiary/aromatic N) is 7. The lowest BCUT2D eigenvalue weighted by molar-refractivity contribution is 0.116. The van der Waals surface area contributed by atoms with Gasteiger partial charge in [-0.05, 0) is 18.2 Å². The second-order valence-electron chi connectivity index (χ2n) is 5.67. The molecule has 0 aliphatic heterocycles. The van der Waals surface area contributed by atoms with Gasteiger partial charge in [-0.3, -0.25) is 4.98 Å².